The highest BCUT2D eigenvalue weighted by molar-refractivity contribution is 6.30. The number of ether oxygens (including phenoxy) is 1. The van der Waals surface area contributed by atoms with Crippen LogP contribution in [0.2, 0.25) is 5.02 Å². The number of carbonyl (C=O) groups excluding carboxylic acids is 1. The molecule has 1 atom stereocenters. The van der Waals surface area contributed by atoms with E-state index in [2.05, 4.69) is 0 Å². The van der Waals surface area contributed by atoms with E-state index in [-0.39, 0.29) is 6.09 Å². The largest absolute Gasteiger partial charge is 0.441 e. The van der Waals surface area contributed by atoms with Crippen LogP contribution in [-0.2, 0) is 11.3 Å². The molecule has 1 aromatic carbocycles. The van der Waals surface area contributed by atoms with Gasteiger partial charge in [-0.1, -0.05) is 23.7 Å². The summed E-state index contributed by atoms with van der Waals surface area (Å²) in [4.78, 5) is 13.5. The fourth-order valence-corrected chi connectivity index (χ4v) is 2.27. The number of halogens is 1. The fourth-order valence-electron chi connectivity index (χ4n) is 2.14. The molecule has 0 aromatic heterocycles. The SMILES string of the molecule is CC1(CCN)CN(Cc2ccc(Cl)cc2)C(=O)O1. The van der Waals surface area contributed by atoms with Crippen LogP contribution in [0.25, 0.3) is 0 Å². The Kier molecular flexibility index (Phi) is 3.78. The van der Waals surface area contributed by atoms with Crippen LogP contribution in [0.3, 0.4) is 0 Å². The van der Waals surface area contributed by atoms with Gasteiger partial charge in [0.25, 0.3) is 0 Å². The molecule has 1 aliphatic heterocycles. The van der Waals surface area contributed by atoms with Gasteiger partial charge >= 0.3 is 6.09 Å². The van der Waals surface area contributed by atoms with E-state index in [1.165, 1.54) is 0 Å². The number of nitrogens with zero attached hydrogens (tertiary/aromatic N) is 1. The van der Waals surface area contributed by atoms with Crippen LogP contribution in [-0.4, -0.2) is 29.7 Å². The van der Waals surface area contributed by atoms with Gasteiger partial charge < -0.3 is 10.5 Å². The first-order valence-corrected chi connectivity index (χ1v) is 6.33. The molecule has 4 nitrogen and oxygen atoms in total. The Morgan fingerprint density at radius 1 is 1.44 bits per heavy atom. The Labute approximate surface area is 112 Å². The molecule has 1 unspecified atom stereocenters. The van der Waals surface area contributed by atoms with Crippen molar-refractivity contribution in [3.63, 3.8) is 0 Å². The predicted octanol–water partition coefficient (Wildman–Crippen LogP) is 2.40. The van der Waals surface area contributed by atoms with Crippen LogP contribution in [0.1, 0.15) is 18.9 Å². The predicted molar refractivity (Wildman–Crippen MR) is 70.4 cm³/mol. The standard InChI is InChI=1S/C13H17ClN2O2/c1-13(6-7-15)9-16(12(17)18-13)8-10-2-4-11(14)5-3-10/h2-5H,6-9,15H2,1H3. The molecular formula is C13H17ClN2O2. The normalized spacial score (nSPS) is 23.3. The molecule has 18 heavy (non-hydrogen) atoms. The average molecular weight is 269 g/mol. The Morgan fingerprint density at radius 3 is 2.72 bits per heavy atom. The smallest absolute Gasteiger partial charge is 0.410 e. The number of benzene rings is 1. The van der Waals surface area contributed by atoms with E-state index in [1.807, 2.05) is 31.2 Å². The lowest BCUT2D eigenvalue weighted by atomic mass is 10.0. The lowest BCUT2D eigenvalue weighted by molar-refractivity contribution is 0.0669. The number of hydrogen-bond donors (Lipinski definition) is 1. The quantitative estimate of drug-likeness (QED) is 0.912. The lowest BCUT2D eigenvalue weighted by Gasteiger charge is -2.20. The van der Waals surface area contributed by atoms with E-state index in [1.54, 1.807) is 4.90 Å². The molecule has 0 spiro atoms. The minimum atomic E-state index is -0.460. The second-order valence-corrected chi connectivity index (χ2v) is 5.28. The molecule has 1 saturated heterocycles. The molecule has 0 saturated carbocycles. The summed E-state index contributed by atoms with van der Waals surface area (Å²) < 4.78 is 5.38. The van der Waals surface area contributed by atoms with Crippen LogP contribution >= 0.6 is 11.6 Å². The maximum atomic E-state index is 11.8. The van der Waals surface area contributed by atoms with E-state index in [4.69, 9.17) is 22.1 Å². The molecule has 5 heteroatoms. The molecular weight excluding hydrogens is 252 g/mol. The van der Waals surface area contributed by atoms with Gasteiger partial charge in [-0.15, -0.1) is 0 Å². The second kappa shape index (κ2) is 5.16. The molecule has 1 aliphatic rings. The summed E-state index contributed by atoms with van der Waals surface area (Å²) in [5.74, 6) is 0. The number of hydrogen-bond acceptors (Lipinski definition) is 3. The number of amides is 1. The van der Waals surface area contributed by atoms with Crippen LogP contribution in [0.5, 0.6) is 0 Å². The van der Waals surface area contributed by atoms with Crippen molar-refractivity contribution in [2.45, 2.75) is 25.5 Å². The van der Waals surface area contributed by atoms with Gasteiger partial charge in [0.2, 0.25) is 0 Å². The van der Waals surface area contributed by atoms with Gasteiger partial charge in [-0.3, -0.25) is 4.90 Å². The zero-order chi connectivity index (χ0) is 13.2. The van der Waals surface area contributed by atoms with Gasteiger partial charge in [0, 0.05) is 18.0 Å². The monoisotopic (exact) mass is 268 g/mol. The van der Waals surface area contributed by atoms with Crippen molar-refractivity contribution >= 4 is 17.7 Å². The lowest BCUT2D eigenvalue weighted by Crippen LogP contribution is -2.33. The van der Waals surface area contributed by atoms with Crippen molar-refractivity contribution in [3.05, 3.63) is 34.9 Å². The molecule has 1 fully saturated rings. The van der Waals surface area contributed by atoms with Gasteiger partial charge in [0.1, 0.15) is 5.60 Å². The number of carbonyl (C=O) groups is 1. The van der Waals surface area contributed by atoms with E-state index in [9.17, 15) is 4.79 Å². The van der Waals surface area contributed by atoms with Gasteiger partial charge in [-0.25, -0.2) is 4.79 Å². The summed E-state index contributed by atoms with van der Waals surface area (Å²) in [5, 5.41) is 0.690. The highest BCUT2D eigenvalue weighted by atomic mass is 35.5. The summed E-state index contributed by atoms with van der Waals surface area (Å²) in [6.45, 7) is 3.54. The van der Waals surface area contributed by atoms with Gasteiger partial charge in [-0.05, 0) is 31.2 Å². The zero-order valence-corrected chi connectivity index (χ0v) is 11.1. The van der Waals surface area contributed by atoms with Crippen LogP contribution < -0.4 is 5.73 Å². The molecule has 0 radical (unpaired) electrons. The third kappa shape index (κ3) is 2.94. The topological polar surface area (TPSA) is 55.6 Å². The van der Waals surface area contributed by atoms with E-state index >= 15 is 0 Å². The fraction of sp³-hybridized carbons (Fsp3) is 0.462. The third-order valence-electron chi connectivity index (χ3n) is 3.08. The minimum absolute atomic E-state index is 0.277. The summed E-state index contributed by atoms with van der Waals surface area (Å²) >= 11 is 5.82. The first-order chi connectivity index (χ1) is 8.52. The molecule has 1 aromatic rings. The van der Waals surface area contributed by atoms with Crippen molar-refractivity contribution in [2.75, 3.05) is 13.1 Å². The molecule has 98 valence electrons. The van der Waals surface area contributed by atoms with Crippen molar-refractivity contribution in [2.24, 2.45) is 5.73 Å². The summed E-state index contributed by atoms with van der Waals surface area (Å²) in [6.07, 6.45) is 0.400. The molecule has 1 amide bonds. The Morgan fingerprint density at radius 2 is 2.11 bits per heavy atom. The van der Waals surface area contributed by atoms with Crippen molar-refractivity contribution < 1.29 is 9.53 Å². The summed E-state index contributed by atoms with van der Waals surface area (Å²) in [7, 11) is 0. The number of cyclic esters (lactones) is 1. The number of rotatable bonds is 4. The second-order valence-electron chi connectivity index (χ2n) is 4.84. The molecule has 0 bridgehead atoms. The maximum absolute atomic E-state index is 11.8. The number of nitrogens with two attached hydrogens (primary N) is 1. The van der Waals surface area contributed by atoms with Crippen LogP contribution in [0.15, 0.2) is 24.3 Å². The van der Waals surface area contributed by atoms with E-state index in [0.29, 0.717) is 31.1 Å². The minimum Gasteiger partial charge on any atom is -0.441 e. The highest BCUT2D eigenvalue weighted by Crippen LogP contribution is 2.26. The first-order valence-electron chi connectivity index (χ1n) is 5.95. The van der Waals surface area contributed by atoms with E-state index in [0.717, 1.165) is 5.56 Å². The van der Waals surface area contributed by atoms with Gasteiger partial charge in [-0.2, -0.15) is 0 Å². The molecule has 2 N–H and O–H groups in total. The molecule has 2 rings (SSSR count). The highest BCUT2D eigenvalue weighted by Gasteiger charge is 2.40. The molecule has 1 heterocycles. The zero-order valence-electron chi connectivity index (χ0n) is 10.4. The Balaban J connectivity index is 2.02. The summed E-state index contributed by atoms with van der Waals surface area (Å²) in [6, 6.07) is 7.46. The first kappa shape index (κ1) is 13.2. The molecule has 0 aliphatic carbocycles. The van der Waals surface area contributed by atoms with Crippen LogP contribution in [0.4, 0.5) is 4.79 Å². The van der Waals surface area contributed by atoms with Crippen molar-refractivity contribution in [1.82, 2.24) is 4.90 Å². The van der Waals surface area contributed by atoms with Crippen molar-refractivity contribution in [1.29, 1.82) is 0 Å². The Bertz CT molecular complexity index is 435. The van der Waals surface area contributed by atoms with Crippen LogP contribution in [0, 0.1) is 0 Å². The van der Waals surface area contributed by atoms with Gasteiger partial charge in [0.15, 0.2) is 0 Å². The van der Waals surface area contributed by atoms with E-state index < -0.39 is 5.60 Å². The van der Waals surface area contributed by atoms with Gasteiger partial charge in [0.05, 0.1) is 6.54 Å². The average Bonchev–Trinajstić information content (AvgIpc) is 2.57. The Hall–Kier alpha value is -1.26. The summed E-state index contributed by atoms with van der Waals surface area (Å²) in [5.41, 5.74) is 6.10. The third-order valence-corrected chi connectivity index (χ3v) is 3.33. The maximum Gasteiger partial charge on any atom is 0.410 e. The van der Waals surface area contributed by atoms with Crippen molar-refractivity contribution in [3.8, 4) is 0 Å².